The average molecular weight is 593 g/mol. The van der Waals surface area contributed by atoms with E-state index >= 15 is 0 Å². The summed E-state index contributed by atoms with van der Waals surface area (Å²) in [6.07, 6.45) is -10.2. The highest BCUT2D eigenvalue weighted by Crippen LogP contribution is 2.38. The molecule has 0 radical (unpaired) electrons. The van der Waals surface area contributed by atoms with Crippen molar-refractivity contribution in [1.29, 1.82) is 0 Å². The summed E-state index contributed by atoms with van der Waals surface area (Å²) >= 11 is 0. The van der Waals surface area contributed by atoms with E-state index < -0.39 is 103 Å². The van der Waals surface area contributed by atoms with E-state index in [4.69, 9.17) is 37.1 Å². The Morgan fingerprint density at radius 2 is 1.66 bits per heavy atom. The van der Waals surface area contributed by atoms with Gasteiger partial charge in [-0.05, 0) is 19.4 Å². The lowest BCUT2D eigenvalue weighted by molar-refractivity contribution is -0.306. The van der Waals surface area contributed by atoms with Gasteiger partial charge in [0, 0.05) is 43.4 Å². The van der Waals surface area contributed by atoms with Gasteiger partial charge in [0.2, 0.25) is 0 Å². The largest absolute Gasteiger partial charge is 0.394 e. The Kier molecular flexibility index (Phi) is 10.6. The zero-order valence-corrected chi connectivity index (χ0v) is 23.2. The molecule has 2 aliphatic heterocycles. The standard InChI is InChI=1S/C25H48N6O10/c1-2-30-7-14-13(33)4-11(28)21(39-14)16-10(27)3-12(31-24(37)25(38)5-9(26)6-25)22(19(16)35)41-23-20(36)17(29)18(34)15(8-32)40-23/h9-23,30,32-36,38H,2-8,26-29H2,1H3,(H,31,37). The van der Waals surface area contributed by atoms with E-state index in [1.165, 1.54) is 0 Å². The van der Waals surface area contributed by atoms with E-state index in [-0.39, 0.29) is 31.7 Å². The fraction of sp³-hybridized carbons (Fsp3) is 0.960. The van der Waals surface area contributed by atoms with Crippen molar-refractivity contribution in [1.82, 2.24) is 10.6 Å². The zero-order chi connectivity index (χ0) is 30.2. The van der Waals surface area contributed by atoms with Crippen molar-refractivity contribution in [2.45, 2.75) is 124 Å². The van der Waals surface area contributed by atoms with E-state index in [0.717, 1.165) is 0 Å². The van der Waals surface area contributed by atoms with Crippen LogP contribution < -0.4 is 33.6 Å². The third-order valence-electron chi connectivity index (χ3n) is 8.99. The van der Waals surface area contributed by atoms with E-state index in [2.05, 4.69) is 10.6 Å². The number of hydrogen-bond acceptors (Lipinski definition) is 15. The molecule has 0 bridgehead atoms. The van der Waals surface area contributed by atoms with Crippen LogP contribution in [0, 0.1) is 5.92 Å². The molecule has 0 spiro atoms. The predicted molar refractivity (Wildman–Crippen MR) is 143 cm³/mol. The second-order valence-electron chi connectivity index (χ2n) is 12.0. The van der Waals surface area contributed by atoms with Crippen LogP contribution in [0.25, 0.3) is 0 Å². The van der Waals surface area contributed by atoms with E-state index in [9.17, 15) is 35.4 Å². The van der Waals surface area contributed by atoms with Crippen LogP contribution in [-0.4, -0.2) is 147 Å². The summed E-state index contributed by atoms with van der Waals surface area (Å²) in [6, 6.07) is -3.97. The molecule has 0 aromatic carbocycles. The molecule has 0 aromatic heterocycles. The fourth-order valence-corrected chi connectivity index (χ4v) is 6.53. The SMILES string of the molecule is CCNCC1OC(C2C(N)CC(NC(=O)C3(O)CC(N)C3)C(OC3OC(CO)C(O)C(N)C3O)C2O)C(N)CC1O. The van der Waals surface area contributed by atoms with Crippen LogP contribution in [0.2, 0.25) is 0 Å². The fourth-order valence-electron chi connectivity index (χ4n) is 6.53. The lowest BCUT2D eigenvalue weighted by Gasteiger charge is -2.52. The molecule has 0 aromatic rings. The first kappa shape index (κ1) is 32.8. The molecule has 16 N–H and O–H groups in total. The van der Waals surface area contributed by atoms with Gasteiger partial charge in [0.25, 0.3) is 5.91 Å². The van der Waals surface area contributed by atoms with Gasteiger partial charge in [0.05, 0.1) is 43.1 Å². The number of aliphatic hydroxyl groups excluding tert-OH is 5. The van der Waals surface area contributed by atoms with Gasteiger partial charge in [-0.2, -0.15) is 0 Å². The number of aliphatic hydroxyl groups is 6. The van der Waals surface area contributed by atoms with Crippen LogP contribution in [0.5, 0.6) is 0 Å². The third kappa shape index (κ3) is 6.71. The number of carbonyl (C=O) groups excluding carboxylic acids is 1. The molecule has 14 atom stereocenters. The Hall–Kier alpha value is -1.09. The quantitative estimate of drug-likeness (QED) is 0.118. The third-order valence-corrected chi connectivity index (χ3v) is 8.99. The van der Waals surface area contributed by atoms with Crippen molar-refractivity contribution >= 4 is 5.91 Å². The maximum Gasteiger partial charge on any atom is 0.252 e. The maximum absolute atomic E-state index is 13.0. The molecular formula is C25H48N6O10. The van der Waals surface area contributed by atoms with Crippen molar-refractivity contribution < 1.29 is 49.6 Å². The summed E-state index contributed by atoms with van der Waals surface area (Å²) in [7, 11) is 0. The van der Waals surface area contributed by atoms with Crippen molar-refractivity contribution in [3.63, 3.8) is 0 Å². The number of nitrogens with one attached hydrogen (secondary N) is 2. The molecule has 238 valence electrons. The summed E-state index contributed by atoms with van der Waals surface area (Å²) < 4.78 is 17.8. The number of likely N-dealkylation sites (N-methyl/N-ethyl adjacent to an activating group) is 1. The first-order valence-corrected chi connectivity index (χ1v) is 14.4. The molecule has 2 saturated heterocycles. The predicted octanol–water partition coefficient (Wildman–Crippen LogP) is -6.36. The lowest BCUT2D eigenvalue weighted by atomic mass is 9.71. The van der Waals surface area contributed by atoms with Gasteiger partial charge in [0.15, 0.2) is 6.29 Å². The topological polar surface area (TPSA) is 294 Å². The Balaban J connectivity index is 1.59. The van der Waals surface area contributed by atoms with Crippen LogP contribution in [0.3, 0.4) is 0 Å². The maximum atomic E-state index is 13.0. The number of nitrogens with two attached hydrogens (primary N) is 4. The lowest BCUT2D eigenvalue weighted by Crippen LogP contribution is -2.71. The van der Waals surface area contributed by atoms with Gasteiger partial charge in [-0.15, -0.1) is 0 Å². The number of amides is 1. The molecule has 1 amide bonds. The number of rotatable bonds is 9. The normalized spacial score (nSPS) is 50.7. The highest BCUT2D eigenvalue weighted by Gasteiger charge is 2.55. The zero-order valence-electron chi connectivity index (χ0n) is 23.2. The number of ether oxygens (including phenoxy) is 3. The number of carbonyl (C=O) groups is 1. The molecule has 4 rings (SSSR count). The summed E-state index contributed by atoms with van der Waals surface area (Å²) in [5.74, 6) is -1.53. The minimum absolute atomic E-state index is 0.0595. The monoisotopic (exact) mass is 592 g/mol. The first-order valence-electron chi connectivity index (χ1n) is 14.4. The van der Waals surface area contributed by atoms with Crippen LogP contribution in [-0.2, 0) is 19.0 Å². The highest BCUT2D eigenvalue weighted by molar-refractivity contribution is 5.86. The van der Waals surface area contributed by atoms with E-state index in [1.807, 2.05) is 6.92 Å². The first-order chi connectivity index (χ1) is 19.3. The van der Waals surface area contributed by atoms with Crippen molar-refractivity contribution in [2.75, 3.05) is 19.7 Å². The van der Waals surface area contributed by atoms with Gasteiger partial charge in [-0.25, -0.2) is 0 Å². The van der Waals surface area contributed by atoms with Gasteiger partial charge in [-0.1, -0.05) is 6.92 Å². The highest BCUT2D eigenvalue weighted by atomic mass is 16.7. The van der Waals surface area contributed by atoms with Crippen LogP contribution >= 0.6 is 0 Å². The van der Waals surface area contributed by atoms with Gasteiger partial charge in [0.1, 0.15) is 30.0 Å². The Labute approximate surface area is 238 Å². The number of hydrogen-bond donors (Lipinski definition) is 12. The Morgan fingerprint density at radius 3 is 2.27 bits per heavy atom. The average Bonchev–Trinajstić information content (AvgIpc) is 2.90. The minimum atomic E-state index is -1.68. The molecule has 16 heteroatoms. The van der Waals surface area contributed by atoms with Crippen LogP contribution in [0.15, 0.2) is 0 Å². The molecule has 4 aliphatic rings. The van der Waals surface area contributed by atoms with Crippen LogP contribution in [0.4, 0.5) is 0 Å². The molecule has 16 nitrogen and oxygen atoms in total. The Bertz CT molecular complexity index is 884. The molecule has 4 fully saturated rings. The molecular weight excluding hydrogens is 544 g/mol. The molecule has 2 saturated carbocycles. The molecule has 2 heterocycles. The van der Waals surface area contributed by atoms with E-state index in [0.29, 0.717) is 13.1 Å². The minimum Gasteiger partial charge on any atom is -0.394 e. The second kappa shape index (κ2) is 13.3. The summed E-state index contributed by atoms with van der Waals surface area (Å²) in [4.78, 5) is 13.0. The van der Waals surface area contributed by atoms with E-state index in [1.54, 1.807) is 0 Å². The summed E-state index contributed by atoms with van der Waals surface area (Å²) in [5.41, 5.74) is 23.0. The van der Waals surface area contributed by atoms with Gasteiger partial charge >= 0.3 is 0 Å². The van der Waals surface area contributed by atoms with Gasteiger partial charge in [-0.3, -0.25) is 4.79 Å². The smallest absolute Gasteiger partial charge is 0.252 e. The van der Waals surface area contributed by atoms with Crippen molar-refractivity contribution in [3.8, 4) is 0 Å². The molecule has 14 unspecified atom stereocenters. The summed E-state index contributed by atoms with van der Waals surface area (Å²) in [5, 5.41) is 69.4. The molecule has 41 heavy (non-hydrogen) atoms. The van der Waals surface area contributed by atoms with Crippen molar-refractivity contribution in [2.24, 2.45) is 28.9 Å². The van der Waals surface area contributed by atoms with Crippen LogP contribution in [0.1, 0.15) is 32.6 Å². The molecule has 2 aliphatic carbocycles. The van der Waals surface area contributed by atoms with Crippen molar-refractivity contribution in [3.05, 3.63) is 0 Å². The second-order valence-corrected chi connectivity index (χ2v) is 12.0. The summed E-state index contributed by atoms with van der Waals surface area (Å²) in [6.45, 7) is 2.30. The Morgan fingerprint density at radius 1 is 0.976 bits per heavy atom. The van der Waals surface area contributed by atoms with Gasteiger partial charge < -0.3 is 78.4 Å².